The molecule has 1 heterocycles. The summed E-state index contributed by atoms with van der Waals surface area (Å²) in [7, 11) is 0. The van der Waals surface area contributed by atoms with E-state index < -0.39 is 5.97 Å². The fraction of sp³-hybridized carbons (Fsp3) is 0.231. The summed E-state index contributed by atoms with van der Waals surface area (Å²) >= 11 is 1.47. The number of phenolic OH excluding ortho intramolecular Hbond substituents is 1. The number of aromatic nitrogens is 1. The molecule has 1 aromatic heterocycles. The molecule has 18 heavy (non-hydrogen) atoms. The Labute approximate surface area is 109 Å². The molecule has 0 bridgehead atoms. The van der Waals surface area contributed by atoms with Crippen LogP contribution in [0.25, 0.3) is 0 Å². The van der Waals surface area contributed by atoms with Crippen LogP contribution in [0.15, 0.2) is 35.8 Å². The Morgan fingerprint density at radius 2 is 2.06 bits per heavy atom. The van der Waals surface area contributed by atoms with Crippen molar-refractivity contribution in [3.8, 4) is 5.75 Å². The molecule has 2 rings (SSSR count). The van der Waals surface area contributed by atoms with E-state index in [1.165, 1.54) is 11.3 Å². The summed E-state index contributed by atoms with van der Waals surface area (Å²) in [6.45, 7) is 0. The van der Waals surface area contributed by atoms with Gasteiger partial charge in [-0.25, -0.2) is 4.98 Å². The molecule has 0 radical (unpaired) electrons. The lowest BCUT2D eigenvalue weighted by Gasteiger charge is -2.12. The quantitative estimate of drug-likeness (QED) is 0.870. The lowest BCUT2D eigenvalue weighted by Crippen LogP contribution is -2.09. The smallest absolute Gasteiger partial charge is 0.304 e. The Kier molecular flexibility index (Phi) is 3.94. The highest BCUT2D eigenvalue weighted by atomic mass is 32.1. The number of benzene rings is 1. The molecule has 4 nitrogen and oxygen atoms in total. The number of carboxylic acid groups (broad SMARTS) is 1. The standard InChI is InChI=1S/C13H13NO3S/c15-11-3-1-9(2-4-11)7-10(8-12(16)17)13-14-5-6-18-13/h1-6,10,15H,7-8H2,(H,16,17)/t10-/m1/s1. The molecule has 5 heteroatoms. The van der Waals surface area contributed by atoms with Gasteiger partial charge < -0.3 is 10.2 Å². The molecule has 2 aromatic rings. The number of hydrogen-bond acceptors (Lipinski definition) is 4. The molecular weight excluding hydrogens is 250 g/mol. The molecule has 0 spiro atoms. The summed E-state index contributed by atoms with van der Waals surface area (Å²) in [6, 6.07) is 6.82. The molecule has 0 aliphatic rings. The fourth-order valence-corrected chi connectivity index (χ4v) is 2.55. The van der Waals surface area contributed by atoms with Crippen molar-refractivity contribution in [1.82, 2.24) is 4.98 Å². The Hall–Kier alpha value is -1.88. The Bertz CT molecular complexity index is 508. The zero-order chi connectivity index (χ0) is 13.0. The lowest BCUT2D eigenvalue weighted by atomic mass is 9.97. The van der Waals surface area contributed by atoms with Crippen molar-refractivity contribution in [2.24, 2.45) is 0 Å². The van der Waals surface area contributed by atoms with Gasteiger partial charge >= 0.3 is 5.97 Å². The predicted octanol–water partition coefficient (Wildman–Crippen LogP) is 2.65. The predicted molar refractivity (Wildman–Crippen MR) is 68.9 cm³/mol. The molecule has 1 aromatic carbocycles. The van der Waals surface area contributed by atoms with Crippen LogP contribution in [0.3, 0.4) is 0 Å². The summed E-state index contributed by atoms with van der Waals surface area (Å²) in [5.74, 6) is -0.733. The second-order valence-electron chi connectivity index (χ2n) is 4.04. The van der Waals surface area contributed by atoms with Crippen LogP contribution in [0.4, 0.5) is 0 Å². The summed E-state index contributed by atoms with van der Waals surface area (Å²) < 4.78 is 0. The summed E-state index contributed by atoms with van der Waals surface area (Å²) in [5.41, 5.74) is 0.995. The highest BCUT2D eigenvalue weighted by molar-refractivity contribution is 7.09. The third-order valence-electron chi connectivity index (χ3n) is 2.64. The molecule has 0 aliphatic carbocycles. The van der Waals surface area contributed by atoms with E-state index in [1.807, 2.05) is 5.38 Å². The van der Waals surface area contributed by atoms with E-state index >= 15 is 0 Å². The van der Waals surface area contributed by atoms with Crippen molar-refractivity contribution in [2.75, 3.05) is 0 Å². The first-order valence-corrected chi connectivity index (χ1v) is 6.42. The van der Waals surface area contributed by atoms with Gasteiger partial charge in [0.2, 0.25) is 0 Å². The first-order chi connectivity index (χ1) is 8.65. The molecule has 0 amide bonds. The third-order valence-corrected chi connectivity index (χ3v) is 3.58. The fourth-order valence-electron chi connectivity index (χ4n) is 1.81. The second-order valence-corrected chi connectivity index (χ2v) is 4.96. The molecule has 0 saturated heterocycles. The Morgan fingerprint density at radius 3 is 2.61 bits per heavy atom. The minimum absolute atomic E-state index is 0.0639. The molecular formula is C13H13NO3S. The number of hydrogen-bond donors (Lipinski definition) is 2. The monoisotopic (exact) mass is 263 g/mol. The van der Waals surface area contributed by atoms with Crippen LogP contribution < -0.4 is 0 Å². The number of aromatic hydroxyl groups is 1. The number of thiazole rings is 1. The molecule has 0 saturated carbocycles. The summed E-state index contributed by atoms with van der Waals surface area (Å²) in [4.78, 5) is 15.1. The topological polar surface area (TPSA) is 70.4 Å². The number of rotatable bonds is 5. The third kappa shape index (κ3) is 3.30. The van der Waals surface area contributed by atoms with Gasteiger partial charge in [0.1, 0.15) is 5.75 Å². The van der Waals surface area contributed by atoms with Gasteiger partial charge in [0.25, 0.3) is 0 Å². The normalized spacial score (nSPS) is 12.2. The van der Waals surface area contributed by atoms with E-state index in [2.05, 4.69) is 4.98 Å². The van der Waals surface area contributed by atoms with Crippen LogP contribution in [-0.4, -0.2) is 21.2 Å². The average molecular weight is 263 g/mol. The Balaban J connectivity index is 2.15. The lowest BCUT2D eigenvalue weighted by molar-refractivity contribution is -0.137. The number of aliphatic carboxylic acids is 1. The van der Waals surface area contributed by atoms with Gasteiger partial charge in [-0.3, -0.25) is 4.79 Å². The minimum atomic E-state index is -0.825. The van der Waals surface area contributed by atoms with Gasteiger partial charge in [-0.1, -0.05) is 12.1 Å². The van der Waals surface area contributed by atoms with Crippen LogP contribution in [-0.2, 0) is 11.2 Å². The number of phenols is 1. The Morgan fingerprint density at radius 1 is 1.33 bits per heavy atom. The summed E-state index contributed by atoms with van der Waals surface area (Å²) in [5, 5.41) is 20.8. The van der Waals surface area contributed by atoms with Crippen molar-refractivity contribution < 1.29 is 15.0 Å². The largest absolute Gasteiger partial charge is 0.508 e. The van der Waals surface area contributed by atoms with E-state index in [-0.39, 0.29) is 18.1 Å². The maximum Gasteiger partial charge on any atom is 0.304 e. The van der Waals surface area contributed by atoms with Gasteiger partial charge in [0.15, 0.2) is 0 Å². The van der Waals surface area contributed by atoms with E-state index in [4.69, 9.17) is 5.11 Å². The van der Waals surface area contributed by atoms with Crippen LogP contribution in [0.1, 0.15) is 22.9 Å². The number of carboxylic acids is 1. The van der Waals surface area contributed by atoms with Crippen LogP contribution in [0, 0.1) is 0 Å². The maximum atomic E-state index is 10.9. The van der Waals surface area contributed by atoms with E-state index in [1.54, 1.807) is 30.5 Å². The molecule has 2 N–H and O–H groups in total. The van der Waals surface area contributed by atoms with Gasteiger partial charge in [-0.15, -0.1) is 11.3 Å². The van der Waals surface area contributed by atoms with Crippen molar-refractivity contribution in [1.29, 1.82) is 0 Å². The first-order valence-electron chi connectivity index (χ1n) is 5.54. The van der Waals surface area contributed by atoms with Crippen molar-refractivity contribution in [3.63, 3.8) is 0 Å². The zero-order valence-electron chi connectivity index (χ0n) is 9.61. The highest BCUT2D eigenvalue weighted by Crippen LogP contribution is 2.26. The van der Waals surface area contributed by atoms with Crippen molar-refractivity contribution >= 4 is 17.3 Å². The van der Waals surface area contributed by atoms with Crippen LogP contribution in [0.5, 0.6) is 5.75 Å². The maximum absolute atomic E-state index is 10.9. The number of nitrogens with zero attached hydrogens (tertiary/aromatic N) is 1. The minimum Gasteiger partial charge on any atom is -0.508 e. The molecule has 0 unspecified atom stereocenters. The van der Waals surface area contributed by atoms with Crippen LogP contribution in [0.2, 0.25) is 0 Å². The first kappa shape index (κ1) is 12.6. The van der Waals surface area contributed by atoms with Gasteiger partial charge in [0, 0.05) is 17.5 Å². The molecule has 1 atom stereocenters. The van der Waals surface area contributed by atoms with Gasteiger partial charge in [-0.2, -0.15) is 0 Å². The van der Waals surface area contributed by atoms with Crippen molar-refractivity contribution in [2.45, 2.75) is 18.8 Å². The van der Waals surface area contributed by atoms with E-state index in [0.717, 1.165) is 10.6 Å². The summed E-state index contributed by atoms with van der Waals surface area (Å²) in [6.07, 6.45) is 2.36. The molecule has 0 aliphatic heterocycles. The van der Waals surface area contributed by atoms with Crippen molar-refractivity contribution in [3.05, 3.63) is 46.4 Å². The van der Waals surface area contributed by atoms with Crippen LogP contribution >= 0.6 is 11.3 Å². The molecule has 0 fully saturated rings. The SMILES string of the molecule is O=C(O)C[C@@H](Cc1ccc(O)cc1)c1nccs1. The zero-order valence-corrected chi connectivity index (χ0v) is 10.4. The molecule has 94 valence electrons. The average Bonchev–Trinajstić information content (AvgIpc) is 2.84. The van der Waals surface area contributed by atoms with E-state index in [9.17, 15) is 9.90 Å². The van der Waals surface area contributed by atoms with Gasteiger partial charge in [-0.05, 0) is 24.1 Å². The van der Waals surface area contributed by atoms with Gasteiger partial charge in [0.05, 0.1) is 11.4 Å². The number of carbonyl (C=O) groups is 1. The van der Waals surface area contributed by atoms with E-state index in [0.29, 0.717) is 6.42 Å². The highest BCUT2D eigenvalue weighted by Gasteiger charge is 2.18. The second kappa shape index (κ2) is 5.64.